The third kappa shape index (κ3) is 4.45. The molecule has 0 radical (unpaired) electrons. The largest absolute Gasteiger partial charge is 0.493 e. The smallest absolute Gasteiger partial charge is 0.315 e. The SMILES string of the molecule is CCCN1CCc2[nH]nc(-c3cc(OC)c(OCc4ccc(C)cc4)c([N+](=O)[O-])c3)c2C1. The van der Waals surface area contributed by atoms with E-state index < -0.39 is 4.92 Å². The van der Waals surface area contributed by atoms with Crippen LogP contribution in [0.5, 0.6) is 11.5 Å². The molecule has 1 N–H and O–H groups in total. The van der Waals surface area contributed by atoms with Crippen molar-refractivity contribution in [2.75, 3.05) is 20.2 Å². The maximum Gasteiger partial charge on any atom is 0.315 e. The van der Waals surface area contributed by atoms with Gasteiger partial charge in [-0.15, -0.1) is 0 Å². The van der Waals surface area contributed by atoms with Crippen LogP contribution in [0.25, 0.3) is 11.3 Å². The first-order valence-corrected chi connectivity index (χ1v) is 10.8. The van der Waals surface area contributed by atoms with Crippen molar-refractivity contribution in [1.82, 2.24) is 15.1 Å². The summed E-state index contributed by atoms with van der Waals surface area (Å²) in [7, 11) is 1.49. The Morgan fingerprint density at radius 1 is 1.25 bits per heavy atom. The monoisotopic (exact) mass is 436 g/mol. The first kappa shape index (κ1) is 21.8. The second-order valence-electron chi connectivity index (χ2n) is 8.11. The van der Waals surface area contributed by atoms with E-state index in [1.807, 2.05) is 31.2 Å². The summed E-state index contributed by atoms with van der Waals surface area (Å²) in [4.78, 5) is 13.9. The van der Waals surface area contributed by atoms with E-state index in [0.29, 0.717) is 11.3 Å². The molecule has 1 aliphatic rings. The molecule has 1 aromatic heterocycles. The summed E-state index contributed by atoms with van der Waals surface area (Å²) < 4.78 is 11.4. The number of aromatic nitrogens is 2. The molecule has 0 fully saturated rings. The van der Waals surface area contributed by atoms with Crippen LogP contribution < -0.4 is 9.47 Å². The molecular formula is C24H28N4O4. The van der Waals surface area contributed by atoms with E-state index in [2.05, 4.69) is 22.0 Å². The number of nitrogens with zero attached hydrogens (tertiary/aromatic N) is 3. The molecule has 4 rings (SSSR count). The number of ether oxygens (including phenoxy) is 2. The van der Waals surface area contributed by atoms with Crippen molar-refractivity contribution in [3.05, 3.63) is 68.9 Å². The number of aryl methyl sites for hydroxylation is 1. The summed E-state index contributed by atoms with van der Waals surface area (Å²) in [6.07, 6.45) is 1.97. The fourth-order valence-electron chi connectivity index (χ4n) is 4.09. The predicted octanol–water partition coefficient (Wildman–Crippen LogP) is 4.65. The van der Waals surface area contributed by atoms with Crippen molar-refractivity contribution < 1.29 is 14.4 Å². The lowest BCUT2D eigenvalue weighted by Crippen LogP contribution is -2.31. The number of aromatic amines is 1. The minimum absolute atomic E-state index is 0.124. The van der Waals surface area contributed by atoms with E-state index in [-0.39, 0.29) is 18.0 Å². The van der Waals surface area contributed by atoms with Crippen molar-refractivity contribution in [1.29, 1.82) is 0 Å². The minimum atomic E-state index is -0.432. The summed E-state index contributed by atoms with van der Waals surface area (Å²) in [6, 6.07) is 11.2. The Labute approximate surface area is 187 Å². The number of methoxy groups -OCH3 is 1. The van der Waals surface area contributed by atoms with Gasteiger partial charge in [0.25, 0.3) is 0 Å². The number of nitro groups is 1. The topological polar surface area (TPSA) is 93.5 Å². The normalized spacial score (nSPS) is 13.6. The van der Waals surface area contributed by atoms with Gasteiger partial charge in [-0.25, -0.2) is 0 Å². The quantitative estimate of drug-likeness (QED) is 0.408. The minimum Gasteiger partial charge on any atom is -0.493 e. The van der Waals surface area contributed by atoms with Crippen LogP contribution >= 0.6 is 0 Å². The average Bonchev–Trinajstić information content (AvgIpc) is 3.21. The highest BCUT2D eigenvalue weighted by Gasteiger charge is 2.27. The van der Waals surface area contributed by atoms with Gasteiger partial charge in [0.05, 0.1) is 17.7 Å². The maximum absolute atomic E-state index is 11.9. The molecule has 0 saturated carbocycles. The lowest BCUT2D eigenvalue weighted by molar-refractivity contribution is -0.386. The number of nitro benzene ring substituents is 1. The van der Waals surface area contributed by atoms with Crippen LogP contribution in [0.2, 0.25) is 0 Å². The molecule has 0 unspecified atom stereocenters. The third-order valence-electron chi connectivity index (χ3n) is 5.78. The molecule has 8 nitrogen and oxygen atoms in total. The summed E-state index contributed by atoms with van der Waals surface area (Å²) in [5.41, 5.74) is 5.49. The van der Waals surface area contributed by atoms with Gasteiger partial charge in [0.1, 0.15) is 6.61 Å². The molecule has 168 valence electrons. The number of hydrogen-bond acceptors (Lipinski definition) is 6. The van der Waals surface area contributed by atoms with Crippen LogP contribution in [0.1, 0.15) is 35.7 Å². The number of nitrogens with one attached hydrogen (secondary N) is 1. The molecule has 0 spiro atoms. The van der Waals surface area contributed by atoms with E-state index in [9.17, 15) is 10.1 Å². The van der Waals surface area contributed by atoms with Crippen LogP contribution in [-0.2, 0) is 19.6 Å². The van der Waals surface area contributed by atoms with Gasteiger partial charge in [0, 0.05) is 42.4 Å². The van der Waals surface area contributed by atoms with Gasteiger partial charge < -0.3 is 9.47 Å². The van der Waals surface area contributed by atoms with Gasteiger partial charge in [-0.1, -0.05) is 36.8 Å². The number of benzene rings is 2. The average molecular weight is 437 g/mol. The van der Waals surface area contributed by atoms with Crippen LogP contribution in [0, 0.1) is 17.0 Å². The second-order valence-corrected chi connectivity index (χ2v) is 8.11. The first-order valence-electron chi connectivity index (χ1n) is 10.8. The van der Waals surface area contributed by atoms with Gasteiger partial charge in [-0.05, 0) is 31.5 Å². The van der Waals surface area contributed by atoms with Crippen LogP contribution in [-0.4, -0.2) is 40.2 Å². The van der Waals surface area contributed by atoms with E-state index in [4.69, 9.17) is 9.47 Å². The lowest BCUT2D eigenvalue weighted by Gasteiger charge is -2.26. The molecule has 8 heteroatoms. The molecule has 0 atom stereocenters. The van der Waals surface area contributed by atoms with Crippen molar-refractivity contribution in [3.63, 3.8) is 0 Å². The maximum atomic E-state index is 11.9. The van der Waals surface area contributed by atoms with E-state index >= 15 is 0 Å². The first-order chi connectivity index (χ1) is 15.5. The van der Waals surface area contributed by atoms with Gasteiger partial charge >= 0.3 is 5.69 Å². The molecule has 2 heterocycles. The highest BCUT2D eigenvalue weighted by Crippen LogP contribution is 2.42. The van der Waals surface area contributed by atoms with E-state index in [0.717, 1.165) is 60.6 Å². The van der Waals surface area contributed by atoms with Crippen molar-refractivity contribution in [2.45, 2.75) is 39.8 Å². The molecule has 2 aromatic carbocycles. The predicted molar refractivity (Wildman–Crippen MR) is 122 cm³/mol. The Kier molecular flexibility index (Phi) is 6.41. The molecule has 3 aromatic rings. The van der Waals surface area contributed by atoms with Crippen LogP contribution in [0.15, 0.2) is 36.4 Å². The molecule has 0 aliphatic carbocycles. The molecule has 0 amide bonds. The van der Waals surface area contributed by atoms with Crippen molar-refractivity contribution in [3.8, 4) is 22.8 Å². The molecule has 1 aliphatic heterocycles. The highest BCUT2D eigenvalue weighted by atomic mass is 16.6. The van der Waals surface area contributed by atoms with E-state index in [1.54, 1.807) is 6.07 Å². The Bertz CT molecular complexity index is 1110. The Morgan fingerprint density at radius 2 is 2.03 bits per heavy atom. The number of H-pyrrole nitrogens is 1. The Morgan fingerprint density at radius 3 is 2.72 bits per heavy atom. The standard InChI is InChI=1S/C24H28N4O4/c1-4-10-27-11-9-20-19(14-27)23(26-25-20)18-12-21(28(29)30)24(22(13-18)31-3)32-15-17-7-5-16(2)6-8-17/h5-8,12-13H,4,9-11,14-15H2,1-3H3,(H,25,26). The number of hydrogen-bond donors (Lipinski definition) is 1. The summed E-state index contributed by atoms with van der Waals surface area (Å²) in [6.45, 7) is 7.15. The van der Waals surface area contributed by atoms with Gasteiger partial charge in [0.15, 0.2) is 5.75 Å². The highest BCUT2D eigenvalue weighted by molar-refractivity contribution is 5.73. The molecular weight excluding hydrogens is 408 g/mol. The summed E-state index contributed by atoms with van der Waals surface area (Å²) >= 11 is 0. The molecule has 0 bridgehead atoms. The van der Waals surface area contributed by atoms with Crippen molar-refractivity contribution >= 4 is 5.69 Å². The van der Waals surface area contributed by atoms with Gasteiger partial charge in [0.2, 0.25) is 5.75 Å². The lowest BCUT2D eigenvalue weighted by atomic mass is 10.00. The van der Waals surface area contributed by atoms with Gasteiger partial charge in [-0.2, -0.15) is 5.10 Å². The number of fused-ring (bicyclic) bond motifs is 1. The fraction of sp³-hybridized carbons (Fsp3) is 0.375. The number of rotatable bonds is 8. The zero-order valence-electron chi connectivity index (χ0n) is 18.7. The fourth-order valence-corrected chi connectivity index (χ4v) is 4.09. The zero-order chi connectivity index (χ0) is 22.7. The summed E-state index contributed by atoms with van der Waals surface area (Å²) in [5, 5.41) is 19.5. The Balaban J connectivity index is 1.68. The van der Waals surface area contributed by atoms with Crippen LogP contribution in [0.4, 0.5) is 5.69 Å². The van der Waals surface area contributed by atoms with Gasteiger partial charge in [-0.3, -0.25) is 20.1 Å². The van der Waals surface area contributed by atoms with Crippen molar-refractivity contribution in [2.24, 2.45) is 0 Å². The zero-order valence-corrected chi connectivity index (χ0v) is 18.7. The van der Waals surface area contributed by atoms with Crippen LogP contribution in [0.3, 0.4) is 0 Å². The second kappa shape index (κ2) is 9.40. The third-order valence-corrected chi connectivity index (χ3v) is 5.78. The van der Waals surface area contributed by atoms with E-state index in [1.165, 1.54) is 13.2 Å². The summed E-state index contributed by atoms with van der Waals surface area (Å²) in [5.74, 6) is 0.443. The molecule has 32 heavy (non-hydrogen) atoms. The molecule has 0 saturated heterocycles. The Hall–Kier alpha value is -3.39.